The summed E-state index contributed by atoms with van der Waals surface area (Å²) in [5.74, 6) is -0.918. The molecule has 0 saturated heterocycles. The molecule has 0 spiro atoms. The minimum Gasteiger partial charge on any atom is -0.477 e. The van der Waals surface area contributed by atoms with Crippen LogP contribution in [0.2, 0.25) is 0 Å². The van der Waals surface area contributed by atoms with Crippen LogP contribution in [0.15, 0.2) is 12.3 Å². The smallest absolute Gasteiger partial charge is 0.412 e. The Bertz CT molecular complexity index is 521. The lowest BCUT2D eigenvalue weighted by atomic mass is 10.2. The van der Waals surface area contributed by atoms with Crippen molar-refractivity contribution in [2.24, 2.45) is 0 Å². The van der Waals surface area contributed by atoms with Crippen molar-refractivity contribution in [1.82, 2.24) is 4.98 Å². The average molecular weight is 281 g/mol. The molecule has 0 radical (unpaired) electrons. The Morgan fingerprint density at radius 3 is 2.40 bits per heavy atom. The molecule has 1 heterocycles. The molecule has 0 aliphatic rings. The minimum absolute atomic E-state index is 0.0802. The molecule has 1 amide bonds. The number of carbonyl (C=O) groups is 2. The van der Waals surface area contributed by atoms with Gasteiger partial charge in [-0.2, -0.15) is 0 Å². The third kappa shape index (κ3) is 4.11. The van der Waals surface area contributed by atoms with Crippen LogP contribution in [0.25, 0.3) is 0 Å². The van der Waals surface area contributed by atoms with Gasteiger partial charge in [-0.05, 0) is 26.8 Å². The number of hydrogen-bond donors (Lipinski definition) is 2. The first-order valence-electron chi connectivity index (χ1n) is 6.01. The van der Waals surface area contributed by atoms with E-state index in [1.807, 2.05) is 0 Å². The molecule has 1 rings (SSSR count). The van der Waals surface area contributed by atoms with Crippen LogP contribution in [0, 0.1) is 0 Å². The summed E-state index contributed by atoms with van der Waals surface area (Å²) < 4.78 is 5.10. The van der Waals surface area contributed by atoms with E-state index in [0.717, 1.165) is 0 Å². The maximum absolute atomic E-state index is 11.7. The van der Waals surface area contributed by atoms with Gasteiger partial charge in [0.15, 0.2) is 0 Å². The molecule has 0 atom stereocenters. The number of carboxylic acid groups (broad SMARTS) is 1. The Hall–Kier alpha value is -2.31. The highest BCUT2D eigenvalue weighted by atomic mass is 16.6. The molecule has 1 aromatic heterocycles. The highest BCUT2D eigenvalue weighted by Crippen LogP contribution is 2.24. The Balaban J connectivity index is 3.10. The standard InChI is InChI=1S/C13H19N3O4/c1-13(2,3)20-12(19)15-8-6-7-14-10(16(4)5)9(8)11(17)18/h6-7H,1-5H3,(H,17,18)(H,14,15,19). The molecular formula is C13H19N3O4. The lowest BCUT2D eigenvalue weighted by Crippen LogP contribution is -2.28. The number of nitrogens with one attached hydrogen (secondary N) is 1. The van der Waals surface area contributed by atoms with E-state index in [0.29, 0.717) is 0 Å². The predicted molar refractivity (Wildman–Crippen MR) is 75.4 cm³/mol. The van der Waals surface area contributed by atoms with Crippen molar-refractivity contribution in [3.8, 4) is 0 Å². The number of pyridine rings is 1. The molecule has 20 heavy (non-hydrogen) atoms. The quantitative estimate of drug-likeness (QED) is 0.882. The number of aromatic carboxylic acids is 1. The van der Waals surface area contributed by atoms with Gasteiger partial charge in [-0.3, -0.25) is 5.32 Å². The fourth-order valence-electron chi connectivity index (χ4n) is 1.52. The van der Waals surface area contributed by atoms with Gasteiger partial charge in [0, 0.05) is 20.3 Å². The third-order valence-electron chi connectivity index (χ3n) is 2.20. The van der Waals surface area contributed by atoms with Crippen molar-refractivity contribution in [2.45, 2.75) is 26.4 Å². The van der Waals surface area contributed by atoms with Gasteiger partial charge in [0.1, 0.15) is 17.0 Å². The summed E-state index contributed by atoms with van der Waals surface area (Å²) in [5.41, 5.74) is -0.598. The van der Waals surface area contributed by atoms with E-state index in [2.05, 4.69) is 10.3 Å². The first kappa shape index (κ1) is 15.7. The fourth-order valence-corrected chi connectivity index (χ4v) is 1.52. The van der Waals surface area contributed by atoms with E-state index in [4.69, 9.17) is 4.74 Å². The van der Waals surface area contributed by atoms with E-state index in [1.54, 1.807) is 39.8 Å². The van der Waals surface area contributed by atoms with Crippen molar-refractivity contribution in [3.05, 3.63) is 17.8 Å². The van der Waals surface area contributed by atoms with Gasteiger partial charge in [-0.1, -0.05) is 0 Å². The van der Waals surface area contributed by atoms with E-state index in [-0.39, 0.29) is 17.1 Å². The molecule has 110 valence electrons. The van der Waals surface area contributed by atoms with Gasteiger partial charge in [-0.15, -0.1) is 0 Å². The van der Waals surface area contributed by atoms with Crippen molar-refractivity contribution >= 4 is 23.6 Å². The fraction of sp³-hybridized carbons (Fsp3) is 0.462. The topological polar surface area (TPSA) is 91.8 Å². The Kier molecular flexibility index (Phi) is 4.54. The maximum Gasteiger partial charge on any atom is 0.412 e. The van der Waals surface area contributed by atoms with Crippen LogP contribution >= 0.6 is 0 Å². The third-order valence-corrected chi connectivity index (χ3v) is 2.20. The molecule has 0 saturated carbocycles. The van der Waals surface area contributed by atoms with Crippen LogP contribution in [-0.4, -0.2) is 41.8 Å². The van der Waals surface area contributed by atoms with E-state index < -0.39 is 17.7 Å². The minimum atomic E-state index is -1.17. The van der Waals surface area contributed by atoms with Gasteiger partial charge in [-0.25, -0.2) is 14.6 Å². The zero-order chi connectivity index (χ0) is 15.5. The summed E-state index contributed by atoms with van der Waals surface area (Å²) in [5, 5.41) is 11.7. The summed E-state index contributed by atoms with van der Waals surface area (Å²) in [6, 6.07) is 1.42. The molecule has 2 N–H and O–H groups in total. The lowest BCUT2D eigenvalue weighted by molar-refractivity contribution is 0.0636. The molecule has 7 nitrogen and oxygen atoms in total. The molecule has 0 bridgehead atoms. The highest BCUT2D eigenvalue weighted by molar-refractivity contribution is 6.02. The molecule has 1 aromatic rings. The van der Waals surface area contributed by atoms with E-state index in [9.17, 15) is 14.7 Å². The first-order valence-corrected chi connectivity index (χ1v) is 6.01. The van der Waals surface area contributed by atoms with Crippen LogP contribution in [0.4, 0.5) is 16.3 Å². The first-order chi connectivity index (χ1) is 9.11. The number of carboxylic acids is 1. The van der Waals surface area contributed by atoms with Crippen LogP contribution in [-0.2, 0) is 4.74 Å². The number of hydrogen-bond acceptors (Lipinski definition) is 5. The normalized spacial score (nSPS) is 10.8. The Morgan fingerprint density at radius 2 is 1.95 bits per heavy atom. The number of aromatic nitrogens is 1. The molecular weight excluding hydrogens is 262 g/mol. The number of nitrogens with zero attached hydrogens (tertiary/aromatic N) is 2. The number of carbonyl (C=O) groups excluding carboxylic acids is 1. The molecule has 0 aliphatic heterocycles. The number of anilines is 2. The van der Waals surface area contributed by atoms with Crippen LogP contribution < -0.4 is 10.2 Å². The van der Waals surface area contributed by atoms with Crippen LogP contribution in [0.1, 0.15) is 31.1 Å². The van der Waals surface area contributed by atoms with Gasteiger partial charge in [0.2, 0.25) is 0 Å². The van der Waals surface area contributed by atoms with E-state index in [1.165, 1.54) is 12.3 Å². The molecule has 0 fully saturated rings. The van der Waals surface area contributed by atoms with Gasteiger partial charge in [0.25, 0.3) is 0 Å². The lowest BCUT2D eigenvalue weighted by Gasteiger charge is -2.21. The second kappa shape index (κ2) is 5.77. The van der Waals surface area contributed by atoms with Crippen molar-refractivity contribution in [1.29, 1.82) is 0 Å². The zero-order valence-electron chi connectivity index (χ0n) is 12.2. The summed E-state index contributed by atoms with van der Waals surface area (Å²) in [6.07, 6.45) is 0.713. The average Bonchev–Trinajstić information content (AvgIpc) is 2.25. The zero-order valence-corrected chi connectivity index (χ0v) is 12.2. The van der Waals surface area contributed by atoms with Crippen molar-refractivity contribution in [2.75, 3.05) is 24.3 Å². The van der Waals surface area contributed by atoms with Crippen molar-refractivity contribution in [3.63, 3.8) is 0 Å². The molecule has 0 aromatic carbocycles. The summed E-state index contributed by atoms with van der Waals surface area (Å²) in [6.45, 7) is 5.17. The second-order valence-corrected chi connectivity index (χ2v) is 5.38. The number of amides is 1. The van der Waals surface area contributed by atoms with Gasteiger partial charge in [0.05, 0.1) is 5.69 Å². The van der Waals surface area contributed by atoms with Gasteiger partial charge >= 0.3 is 12.1 Å². The van der Waals surface area contributed by atoms with Crippen LogP contribution in [0.5, 0.6) is 0 Å². The summed E-state index contributed by atoms with van der Waals surface area (Å²) in [4.78, 5) is 28.6. The predicted octanol–water partition coefficient (Wildman–Crippen LogP) is 2.19. The van der Waals surface area contributed by atoms with Crippen LogP contribution in [0.3, 0.4) is 0 Å². The summed E-state index contributed by atoms with van der Waals surface area (Å²) >= 11 is 0. The van der Waals surface area contributed by atoms with Gasteiger partial charge < -0.3 is 14.7 Å². The molecule has 0 unspecified atom stereocenters. The van der Waals surface area contributed by atoms with E-state index >= 15 is 0 Å². The Morgan fingerprint density at radius 1 is 1.35 bits per heavy atom. The number of rotatable bonds is 3. The molecule has 7 heteroatoms. The highest BCUT2D eigenvalue weighted by Gasteiger charge is 2.22. The largest absolute Gasteiger partial charge is 0.477 e. The Labute approximate surface area is 117 Å². The molecule has 0 aliphatic carbocycles. The summed E-state index contributed by atoms with van der Waals surface area (Å²) in [7, 11) is 3.35. The monoisotopic (exact) mass is 281 g/mol. The second-order valence-electron chi connectivity index (χ2n) is 5.38. The number of ether oxygens (including phenoxy) is 1. The van der Waals surface area contributed by atoms with Crippen molar-refractivity contribution < 1.29 is 19.4 Å². The SMILES string of the molecule is CN(C)c1nccc(NC(=O)OC(C)(C)C)c1C(=O)O. The maximum atomic E-state index is 11.7.